The van der Waals surface area contributed by atoms with Crippen molar-refractivity contribution in [3.8, 4) is 0 Å². The van der Waals surface area contributed by atoms with E-state index >= 15 is 0 Å². The minimum absolute atomic E-state index is 1.36. The number of unbranched alkanes of at least 4 members (excludes halogenated alkanes) is 5. The topological polar surface area (TPSA) is 0 Å². The minimum atomic E-state index is 1.36. The van der Waals surface area contributed by atoms with Gasteiger partial charge in [-0.05, 0) is 26.2 Å². The van der Waals surface area contributed by atoms with Crippen molar-refractivity contribution in [2.45, 2.75) is 65.2 Å². The van der Waals surface area contributed by atoms with Gasteiger partial charge in [0.2, 0.25) is 0 Å². The average Bonchev–Trinajstić information content (AvgIpc) is 2.74. The lowest BCUT2D eigenvalue weighted by Crippen LogP contribution is -1.78. The van der Waals surface area contributed by atoms with Crippen molar-refractivity contribution >= 4 is 0 Å². The van der Waals surface area contributed by atoms with E-state index in [4.69, 9.17) is 0 Å². The van der Waals surface area contributed by atoms with Crippen molar-refractivity contribution in [2.24, 2.45) is 0 Å². The molecule has 0 heteroatoms. The minimum Gasteiger partial charge on any atom is -0.0697 e. The SMILES string of the molecule is CCCCCCCCC1=C(C)C1. The molecule has 1 rings (SSSR count). The molecule has 0 fully saturated rings. The summed E-state index contributed by atoms with van der Waals surface area (Å²) in [6, 6.07) is 0. The Hall–Kier alpha value is -0.260. The van der Waals surface area contributed by atoms with E-state index < -0.39 is 0 Å². The third-order valence-corrected chi connectivity index (χ3v) is 2.79. The largest absolute Gasteiger partial charge is 0.0697 e. The quantitative estimate of drug-likeness (QED) is 0.387. The van der Waals surface area contributed by atoms with Gasteiger partial charge < -0.3 is 0 Å². The average molecular weight is 166 g/mol. The second-order valence-electron chi connectivity index (χ2n) is 4.08. The van der Waals surface area contributed by atoms with Crippen LogP contribution in [0.1, 0.15) is 65.2 Å². The standard InChI is InChI=1S/C12H22/c1-3-4-5-6-7-8-9-12-10-11(12)2/h3-10H2,1-2H3. The lowest BCUT2D eigenvalue weighted by atomic mass is 10.1. The van der Waals surface area contributed by atoms with Crippen molar-refractivity contribution in [3.63, 3.8) is 0 Å². The van der Waals surface area contributed by atoms with Crippen molar-refractivity contribution in [2.75, 3.05) is 0 Å². The monoisotopic (exact) mass is 166 g/mol. The Labute approximate surface area is 77.1 Å². The molecular weight excluding hydrogens is 144 g/mol. The van der Waals surface area contributed by atoms with Crippen LogP contribution in [0.2, 0.25) is 0 Å². The zero-order chi connectivity index (χ0) is 8.81. The van der Waals surface area contributed by atoms with E-state index in [1.807, 2.05) is 0 Å². The molecule has 0 bridgehead atoms. The molecule has 0 amide bonds. The Kier molecular flexibility index (Phi) is 4.42. The number of rotatable bonds is 7. The molecule has 0 aliphatic heterocycles. The van der Waals surface area contributed by atoms with Gasteiger partial charge in [-0.3, -0.25) is 0 Å². The summed E-state index contributed by atoms with van der Waals surface area (Å²) in [5, 5.41) is 0. The number of hydrogen-bond acceptors (Lipinski definition) is 0. The first-order valence-corrected chi connectivity index (χ1v) is 5.52. The predicted molar refractivity (Wildman–Crippen MR) is 55.3 cm³/mol. The van der Waals surface area contributed by atoms with Crippen LogP contribution in [0.5, 0.6) is 0 Å². The smallest absolute Gasteiger partial charge is 0.0106 e. The maximum Gasteiger partial charge on any atom is -0.0106 e. The lowest BCUT2D eigenvalue weighted by Gasteiger charge is -1.97. The summed E-state index contributed by atoms with van der Waals surface area (Å²) in [7, 11) is 0. The van der Waals surface area contributed by atoms with E-state index in [0.717, 1.165) is 0 Å². The Balaban J connectivity index is 1.78. The molecule has 0 heterocycles. The van der Waals surface area contributed by atoms with Crippen LogP contribution in [0.4, 0.5) is 0 Å². The fraction of sp³-hybridized carbons (Fsp3) is 0.833. The van der Waals surface area contributed by atoms with E-state index in [1.54, 1.807) is 11.1 Å². The molecule has 0 saturated heterocycles. The molecule has 0 spiro atoms. The van der Waals surface area contributed by atoms with E-state index in [0.29, 0.717) is 0 Å². The highest BCUT2D eigenvalue weighted by atomic mass is 14.2. The Morgan fingerprint density at radius 2 is 1.58 bits per heavy atom. The zero-order valence-corrected chi connectivity index (χ0v) is 8.66. The van der Waals surface area contributed by atoms with Gasteiger partial charge in [-0.1, -0.05) is 50.2 Å². The van der Waals surface area contributed by atoms with Crippen LogP contribution in [-0.2, 0) is 0 Å². The molecule has 0 atom stereocenters. The Morgan fingerprint density at radius 3 is 2.17 bits per heavy atom. The molecule has 0 unspecified atom stereocenters. The summed E-state index contributed by atoms with van der Waals surface area (Å²) in [6.45, 7) is 4.55. The molecule has 0 aromatic rings. The Bertz CT molecular complexity index is 153. The second kappa shape index (κ2) is 5.40. The van der Waals surface area contributed by atoms with Gasteiger partial charge in [0.25, 0.3) is 0 Å². The molecule has 12 heavy (non-hydrogen) atoms. The lowest BCUT2D eigenvalue weighted by molar-refractivity contribution is 0.608. The molecule has 1 aliphatic carbocycles. The molecule has 70 valence electrons. The van der Waals surface area contributed by atoms with Gasteiger partial charge in [-0.25, -0.2) is 0 Å². The van der Waals surface area contributed by atoms with E-state index in [1.165, 1.54) is 51.4 Å². The van der Waals surface area contributed by atoms with Crippen LogP contribution in [-0.4, -0.2) is 0 Å². The van der Waals surface area contributed by atoms with E-state index in [-0.39, 0.29) is 0 Å². The summed E-state index contributed by atoms with van der Waals surface area (Å²) in [6.07, 6.45) is 11.4. The molecule has 0 saturated carbocycles. The van der Waals surface area contributed by atoms with Gasteiger partial charge in [0, 0.05) is 0 Å². The summed E-state index contributed by atoms with van der Waals surface area (Å²) < 4.78 is 0. The zero-order valence-electron chi connectivity index (χ0n) is 8.66. The third-order valence-electron chi connectivity index (χ3n) is 2.79. The van der Waals surface area contributed by atoms with Crippen LogP contribution in [0.15, 0.2) is 11.1 Å². The van der Waals surface area contributed by atoms with Gasteiger partial charge in [0.1, 0.15) is 0 Å². The number of hydrogen-bond donors (Lipinski definition) is 0. The molecular formula is C12H22. The summed E-state index contributed by atoms with van der Waals surface area (Å²) in [5.74, 6) is 0. The maximum absolute atomic E-state index is 2.28. The second-order valence-corrected chi connectivity index (χ2v) is 4.08. The van der Waals surface area contributed by atoms with Crippen molar-refractivity contribution in [3.05, 3.63) is 11.1 Å². The van der Waals surface area contributed by atoms with Crippen LogP contribution in [0, 0.1) is 0 Å². The van der Waals surface area contributed by atoms with Gasteiger partial charge in [-0.2, -0.15) is 0 Å². The van der Waals surface area contributed by atoms with Gasteiger partial charge in [0.15, 0.2) is 0 Å². The molecule has 0 nitrogen and oxygen atoms in total. The van der Waals surface area contributed by atoms with Crippen molar-refractivity contribution in [1.29, 1.82) is 0 Å². The number of allylic oxidation sites excluding steroid dienone is 2. The highest BCUT2D eigenvalue weighted by molar-refractivity contribution is 5.32. The predicted octanol–water partition coefficient (Wildman–Crippen LogP) is 4.46. The van der Waals surface area contributed by atoms with E-state index in [9.17, 15) is 0 Å². The third kappa shape index (κ3) is 3.94. The first kappa shape index (κ1) is 9.83. The van der Waals surface area contributed by atoms with E-state index in [2.05, 4.69) is 13.8 Å². The van der Waals surface area contributed by atoms with Gasteiger partial charge in [-0.15, -0.1) is 0 Å². The summed E-state index contributed by atoms with van der Waals surface area (Å²) in [5.41, 5.74) is 3.43. The normalized spacial score (nSPS) is 15.5. The highest BCUT2D eigenvalue weighted by Crippen LogP contribution is 2.34. The fourth-order valence-corrected chi connectivity index (χ4v) is 1.70. The Morgan fingerprint density at radius 1 is 1.00 bits per heavy atom. The van der Waals surface area contributed by atoms with Crippen LogP contribution >= 0.6 is 0 Å². The first-order valence-electron chi connectivity index (χ1n) is 5.52. The van der Waals surface area contributed by atoms with Crippen LogP contribution in [0.25, 0.3) is 0 Å². The van der Waals surface area contributed by atoms with Crippen molar-refractivity contribution in [1.82, 2.24) is 0 Å². The maximum atomic E-state index is 2.28. The fourth-order valence-electron chi connectivity index (χ4n) is 1.70. The van der Waals surface area contributed by atoms with Crippen molar-refractivity contribution < 1.29 is 0 Å². The molecule has 1 aliphatic rings. The molecule has 0 radical (unpaired) electrons. The summed E-state index contributed by atoms with van der Waals surface area (Å²) >= 11 is 0. The van der Waals surface area contributed by atoms with Crippen LogP contribution < -0.4 is 0 Å². The highest BCUT2D eigenvalue weighted by Gasteiger charge is 2.14. The van der Waals surface area contributed by atoms with Gasteiger partial charge in [0.05, 0.1) is 0 Å². The molecule has 0 N–H and O–H groups in total. The van der Waals surface area contributed by atoms with Gasteiger partial charge >= 0.3 is 0 Å². The molecule has 0 aromatic carbocycles. The summed E-state index contributed by atoms with van der Waals surface area (Å²) in [4.78, 5) is 0. The first-order chi connectivity index (χ1) is 5.84. The van der Waals surface area contributed by atoms with Crippen LogP contribution in [0.3, 0.4) is 0 Å². The molecule has 0 aromatic heterocycles.